The van der Waals surface area contributed by atoms with Crippen molar-refractivity contribution in [3.63, 3.8) is 0 Å². The van der Waals surface area contributed by atoms with Crippen LogP contribution in [0.15, 0.2) is 23.8 Å². The molecule has 14 heavy (non-hydrogen) atoms. The van der Waals surface area contributed by atoms with E-state index in [2.05, 4.69) is 6.07 Å². The van der Waals surface area contributed by atoms with Gasteiger partial charge in [-0.05, 0) is 43.4 Å². The van der Waals surface area contributed by atoms with Crippen LogP contribution in [0.4, 0.5) is 0 Å². The van der Waals surface area contributed by atoms with Crippen molar-refractivity contribution in [1.29, 1.82) is 0 Å². The second-order valence-corrected chi connectivity index (χ2v) is 3.72. The molecule has 0 heterocycles. The average Bonchev–Trinajstić information content (AvgIpc) is 2.12. The topological polar surface area (TPSA) is 23.1 Å². The van der Waals surface area contributed by atoms with Gasteiger partial charge in [0.25, 0.3) is 0 Å². The predicted molar refractivity (Wildman–Crippen MR) is 52.1 cm³/mol. The van der Waals surface area contributed by atoms with Crippen LogP contribution in [-0.2, 0) is 6.42 Å². The largest absolute Gasteiger partial charge is 1.00 e. The Morgan fingerprint density at radius 1 is 1.14 bits per heavy atom. The summed E-state index contributed by atoms with van der Waals surface area (Å²) in [5.41, 5.74) is 4.28. The van der Waals surface area contributed by atoms with Gasteiger partial charge in [0, 0.05) is 0 Å². The van der Waals surface area contributed by atoms with Crippen molar-refractivity contribution in [3.8, 4) is 0 Å². The molecule has 68 valence electrons. The molecule has 1 aliphatic rings. The quantitative estimate of drug-likeness (QED) is 0.471. The molecule has 0 N–H and O–H groups in total. The molecular weight excluding hydrogens is 167 g/mol. The van der Waals surface area contributed by atoms with Gasteiger partial charge in [0.05, 0.1) is 0 Å². The zero-order chi connectivity index (χ0) is 9.42. The first-order valence-electron chi connectivity index (χ1n) is 4.66. The third kappa shape index (κ3) is 1.75. The first-order valence-corrected chi connectivity index (χ1v) is 4.66. The molecule has 0 atom stereocenters. The van der Waals surface area contributed by atoms with Gasteiger partial charge in [-0.3, -0.25) is 0 Å². The minimum atomic E-state index is 0. The van der Waals surface area contributed by atoms with E-state index in [9.17, 15) is 5.11 Å². The van der Waals surface area contributed by atoms with Gasteiger partial charge < -0.3 is 5.11 Å². The van der Waals surface area contributed by atoms with Crippen LogP contribution in [0.3, 0.4) is 0 Å². The van der Waals surface area contributed by atoms with Crippen molar-refractivity contribution in [2.45, 2.75) is 26.7 Å². The van der Waals surface area contributed by atoms with Crippen LogP contribution < -0.4 is 24.0 Å². The van der Waals surface area contributed by atoms with E-state index in [1.54, 1.807) is 0 Å². The summed E-state index contributed by atoms with van der Waals surface area (Å²) < 4.78 is 0. The predicted octanol–water partition coefficient (Wildman–Crippen LogP) is -0.963. The number of benzene rings is 1. The summed E-state index contributed by atoms with van der Waals surface area (Å²) in [5.74, 6) is 0.249. The molecule has 1 nitrogen and oxygen atoms in total. The monoisotopic (exact) mass is 180 g/mol. The van der Waals surface area contributed by atoms with Crippen molar-refractivity contribution in [1.82, 2.24) is 0 Å². The molecule has 0 saturated heterocycles. The summed E-state index contributed by atoms with van der Waals surface area (Å²) in [4.78, 5) is 0. The fourth-order valence-corrected chi connectivity index (χ4v) is 1.91. The maximum absolute atomic E-state index is 11.8. The molecule has 0 unspecified atom stereocenters. The third-order valence-corrected chi connectivity index (χ3v) is 2.74. The summed E-state index contributed by atoms with van der Waals surface area (Å²) in [6.45, 7) is 3.95. The standard InChI is InChI=1S/C12H14O.Li/c1-8-4-3-5-10-7-6-9(2)12(13)11(8)10;/h3-5,13H,6-7H2,1-2H3;/q;+1/p-1. The molecule has 0 aromatic heterocycles. The molecule has 1 aliphatic carbocycles. The van der Waals surface area contributed by atoms with E-state index in [1.807, 2.05) is 26.0 Å². The molecule has 0 spiro atoms. The molecule has 1 aromatic rings. The summed E-state index contributed by atoms with van der Waals surface area (Å²) in [6, 6.07) is 6.10. The Morgan fingerprint density at radius 3 is 2.57 bits per heavy atom. The van der Waals surface area contributed by atoms with E-state index in [-0.39, 0.29) is 24.6 Å². The number of hydrogen-bond acceptors (Lipinski definition) is 1. The second kappa shape index (κ2) is 4.25. The zero-order valence-corrected chi connectivity index (χ0v) is 9.05. The maximum atomic E-state index is 11.8. The van der Waals surface area contributed by atoms with Crippen molar-refractivity contribution >= 4 is 5.76 Å². The van der Waals surface area contributed by atoms with Crippen molar-refractivity contribution in [2.75, 3.05) is 0 Å². The van der Waals surface area contributed by atoms with Gasteiger partial charge >= 0.3 is 18.9 Å². The Morgan fingerprint density at radius 2 is 1.86 bits per heavy atom. The molecule has 0 amide bonds. The van der Waals surface area contributed by atoms with Crippen LogP contribution >= 0.6 is 0 Å². The Kier molecular flexibility index (Phi) is 3.47. The smallest absolute Gasteiger partial charge is 0.872 e. The fourth-order valence-electron chi connectivity index (χ4n) is 1.91. The molecule has 0 radical (unpaired) electrons. The normalized spacial score (nSPS) is 14.7. The molecule has 1 aromatic carbocycles. The first-order chi connectivity index (χ1) is 6.20. The van der Waals surface area contributed by atoms with Crippen LogP contribution in [0.25, 0.3) is 5.76 Å². The van der Waals surface area contributed by atoms with E-state index in [4.69, 9.17) is 0 Å². The number of fused-ring (bicyclic) bond motifs is 1. The van der Waals surface area contributed by atoms with Crippen molar-refractivity contribution in [2.24, 2.45) is 0 Å². The summed E-state index contributed by atoms with van der Waals surface area (Å²) in [5, 5.41) is 11.8. The maximum Gasteiger partial charge on any atom is 1.00 e. The minimum Gasteiger partial charge on any atom is -0.872 e. The molecule has 2 heteroatoms. The SMILES string of the molecule is CC1=C([O-])c2c(C)cccc2CC1.[Li+]. The van der Waals surface area contributed by atoms with Gasteiger partial charge in [-0.2, -0.15) is 0 Å². The van der Waals surface area contributed by atoms with E-state index < -0.39 is 0 Å². The fraction of sp³-hybridized carbons (Fsp3) is 0.333. The Balaban J connectivity index is 0.000000980. The van der Waals surface area contributed by atoms with Crippen LogP contribution in [-0.4, -0.2) is 0 Å². The van der Waals surface area contributed by atoms with Crippen molar-refractivity contribution < 1.29 is 24.0 Å². The van der Waals surface area contributed by atoms with Crippen LogP contribution in [0.5, 0.6) is 0 Å². The Hall–Kier alpha value is -0.643. The molecule has 0 aliphatic heterocycles. The molecule has 0 fully saturated rings. The number of allylic oxidation sites excluding steroid dienone is 1. The van der Waals surface area contributed by atoms with Crippen LogP contribution in [0, 0.1) is 6.92 Å². The van der Waals surface area contributed by atoms with E-state index >= 15 is 0 Å². The Labute approximate surface area is 97.0 Å². The molecule has 0 saturated carbocycles. The van der Waals surface area contributed by atoms with Crippen LogP contribution in [0.2, 0.25) is 0 Å². The van der Waals surface area contributed by atoms with Crippen LogP contribution in [0.1, 0.15) is 30.0 Å². The first kappa shape index (κ1) is 11.4. The molecule has 2 rings (SSSR count). The molecule has 0 bridgehead atoms. The number of aryl methyl sites for hydroxylation is 2. The van der Waals surface area contributed by atoms with E-state index in [0.29, 0.717) is 0 Å². The van der Waals surface area contributed by atoms with Gasteiger partial charge in [-0.15, -0.1) is 5.76 Å². The summed E-state index contributed by atoms with van der Waals surface area (Å²) in [7, 11) is 0. The average molecular weight is 180 g/mol. The minimum absolute atomic E-state index is 0. The van der Waals surface area contributed by atoms with Gasteiger partial charge in [0.15, 0.2) is 0 Å². The Bertz CT molecular complexity index is 380. The van der Waals surface area contributed by atoms with Gasteiger partial charge in [-0.1, -0.05) is 23.8 Å². The second-order valence-electron chi connectivity index (χ2n) is 3.72. The number of rotatable bonds is 0. The zero-order valence-electron chi connectivity index (χ0n) is 9.05. The number of hydrogen-bond donors (Lipinski definition) is 0. The van der Waals surface area contributed by atoms with Crippen molar-refractivity contribution in [3.05, 3.63) is 40.5 Å². The van der Waals surface area contributed by atoms with E-state index in [0.717, 1.165) is 29.5 Å². The summed E-state index contributed by atoms with van der Waals surface area (Å²) in [6.07, 6.45) is 1.95. The molecular formula is C12H13LiO. The van der Waals surface area contributed by atoms with Gasteiger partial charge in [0.1, 0.15) is 0 Å². The summed E-state index contributed by atoms with van der Waals surface area (Å²) >= 11 is 0. The van der Waals surface area contributed by atoms with E-state index in [1.165, 1.54) is 5.56 Å². The third-order valence-electron chi connectivity index (χ3n) is 2.74. The van der Waals surface area contributed by atoms with Gasteiger partial charge in [0.2, 0.25) is 0 Å². The van der Waals surface area contributed by atoms with Gasteiger partial charge in [-0.25, -0.2) is 0 Å².